The third-order valence-corrected chi connectivity index (χ3v) is 6.71. The maximum Gasteiger partial charge on any atom is 0.257 e. The van der Waals surface area contributed by atoms with Crippen molar-refractivity contribution in [1.82, 2.24) is 0 Å². The minimum absolute atomic E-state index is 0.00428. The maximum absolute atomic E-state index is 12.8. The Labute approximate surface area is 199 Å². The summed E-state index contributed by atoms with van der Waals surface area (Å²) in [6.45, 7) is 7.94. The SMILES string of the molecule is C=C(C)[C@H]1CC[C@@](C)(/C=C/c2ccc3c(c2O)[C@](O)(c2ccc(OC)cc2)[C@@H](OC)C(=O)N3)O1. The van der Waals surface area contributed by atoms with Gasteiger partial charge in [-0.25, -0.2) is 0 Å². The molecule has 4 atom stereocenters. The number of amides is 1. The molecular formula is C27H31NO6. The summed E-state index contributed by atoms with van der Waals surface area (Å²) in [6.07, 6.45) is 4.13. The van der Waals surface area contributed by atoms with Gasteiger partial charge in [0.05, 0.1) is 30.1 Å². The lowest BCUT2D eigenvalue weighted by Crippen LogP contribution is -2.52. The first-order valence-electron chi connectivity index (χ1n) is 11.2. The molecule has 180 valence electrons. The van der Waals surface area contributed by atoms with Gasteiger partial charge in [-0.1, -0.05) is 36.4 Å². The van der Waals surface area contributed by atoms with E-state index in [1.807, 2.05) is 19.9 Å². The van der Waals surface area contributed by atoms with Crippen LogP contribution in [0.2, 0.25) is 0 Å². The number of hydrogen-bond donors (Lipinski definition) is 3. The molecule has 2 heterocycles. The Bertz CT molecular complexity index is 1140. The first-order chi connectivity index (χ1) is 16.1. The Morgan fingerprint density at radius 2 is 1.94 bits per heavy atom. The van der Waals surface area contributed by atoms with Gasteiger partial charge >= 0.3 is 0 Å². The highest BCUT2D eigenvalue weighted by Crippen LogP contribution is 2.48. The van der Waals surface area contributed by atoms with Gasteiger partial charge in [-0.2, -0.15) is 0 Å². The van der Waals surface area contributed by atoms with Crippen LogP contribution in [-0.4, -0.2) is 48.1 Å². The van der Waals surface area contributed by atoms with Gasteiger partial charge in [-0.3, -0.25) is 4.79 Å². The largest absolute Gasteiger partial charge is 0.507 e. The number of fused-ring (bicyclic) bond motifs is 1. The normalized spacial score (nSPS) is 28.6. The molecule has 7 nitrogen and oxygen atoms in total. The summed E-state index contributed by atoms with van der Waals surface area (Å²) in [6, 6.07) is 10.0. The van der Waals surface area contributed by atoms with Gasteiger partial charge in [0.15, 0.2) is 11.7 Å². The molecule has 34 heavy (non-hydrogen) atoms. The van der Waals surface area contributed by atoms with E-state index >= 15 is 0 Å². The van der Waals surface area contributed by atoms with Crippen LogP contribution in [-0.2, 0) is 19.9 Å². The van der Waals surface area contributed by atoms with Gasteiger partial charge < -0.3 is 29.7 Å². The third kappa shape index (κ3) is 4.00. The number of phenolic OH excluding ortho intramolecular Hbond substituents is 1. The molecule has 4 rings (SSSR count). The second-order valence-corrected chi connectivity index (χ2v) is 9.16. The quantitative estimate of drug-likeness (QED) is 0.555. The number of aromatic hydroxyl groups is 1. The second-order valence-electron chi connectivity index (χ2n) is 9.16. The van der Waals surface area contributed by atoms with Gasteiger partial charge in [0.2, 0.25) is 0 Å². The number of ether oxygens (including phenoxy) is 3. The number of carbonyl (C=O) groups is 1. The molecule has 0 unspecified atom stereocenters. The minimum Gasteiger partial charge on any atom is -0.507 e. The van der Waals surface area contributed by atoms with E-state index in [1.54, 1.807) is 49.6 Å². The zero-order valence-electron chi connectivity index (χ0n) is 19.9. The molecule has 0 aliphatic carbocycles. The zero-order valence-corrected chi connectivity index (χ0v) is 19.9. The summed E-state index contributed by atoms with van der Waals surface area (Å²) in [5.41, 5.74) is -0.0732. The summed E-state index contributed by atoms with van der Waals surface area (Å²) >= 11 is 0. The van der Waals surface area contributed by atoms with Crippen molar-refractivity contribution < 1.29 is 29.2 Å². The summed E-state index contributed by atoms with van der Waals surface area (Å²) in [4.78, 5) is 12.8. The molecule has 0 bridgehead atoms. The summed E-state index contributed by atoms with van der Waals surface area (Å²) in [5.74, 6) is -0.0542. The van der Waals surface area contributed by atoms with Crippen molar-refractivity contribution >= 4 is 17.7 Å². The third-order valence-electron chi connectivity index (χ3n) is 6.71. The molecule has 2 aromatic rings. The van der Waals surface area contributed by atoms with Crippen LogP contribution in [0.25, 0.3) is 6.08 Å². The van der Waals surface area contributed by atoms with Gasteiger partial charge in [0.25, 0.3) is 5.91 Å². The molecule has 0 radical (unpaired) electrons. The van der Waals surface area contributed by atoms with Crippen LogP contribution in [0.4, 0.5) is 5.69 Å². The van der Waals surface area contributed by atoms with Gasteiger partial charge in [0, 0.05) is 12.7 Å². The van der Waals surface area contributed by atoms with E-state index in [4.69, 9.17) is 14.2 Å². The first-order valence-corrected chi connectivity index (χ1v) is 11.2. The summed E-state index contributed by atoms with van der Waals surface area (Å²) in [5, 5.41) is 26.0. The van der Waals surface area contributed by atoms with Crippen LogP contribution in [0.5, 0.6) is 11.5 Å². The Morgan fingerprint density at radius 3 is 2.53 bits per heavy atom. The lowest BCUT2D eigenvalue weighted by atomic mass is 9.76. The zero-order chi connectivity index (χ0) is 24.7. The highest BCUT2D eigenvalue weighted by molar-refractivity contribution is 6.00. The van der Waals surface area contributed by atoms with E-state index in [-0.39, 0.29) is 17.4 Å². The Balaban J connectivity index is 1.79. The Kier molecular flexibility index (Phi) is 6.29. The first kappa shape index (κ1) is 24.0. The average molecular weight is 466 g/mol. The van der Waals surface area contributed by atoms with Crippen molar-refractivity contribution in [3.8, 4) is 11.5 Å². The molecule has 1 fully saturated rings. The highest BCUT2D eigenvalue weighted by atomic mass is 16.5. The van der Waals surface area contributed by atoms with Gasteiger partial charge in [-0.15, -0.1) is 0 Å². The van der Waals surface area contributed by atoms with Crippen LogP contribution in [0.1, 0.15) is 43.4 Å². The van der Waals surface area contributed by atoms with Crippen LogP contribution in [0, 0.1) is 0 Å². The summed E-state index contributed by atoms with van der Waals surface area (Å²) in [7, 11) is 2.89. The molecule has 3 N–H and O–H groups in total. The fourth-order valence-electron chi connectivity index (χ4n) is 4.77. The maximum atomic E-state index is 12.8. The van der Waals surface area contributed by atoms with Crippen molar-refractivity contribution in [1.29, 1.82) is 0 Å². The van der Waals surface area contributed by atoms with E-state index in [0.717, 1.165) is 18.4 Å². The molecule has 2 aromatic carbocycles. The average Bonchev–Trinajstić information content (AvgIpc) is 3.21. The topological polar surface area (TPSA) is 97.3 Å². The number of aliphatic hydroxyl groups is 1. The molecule has 7 heteroatoms. The van der Waals surface area contributed by atoms with Crippen molar-refractivity contribution in [2.45, 2.75) is 50.1 Å². The van der Waals surface area contributed by atoms with Crippen molar-refractivity contribution in [2.24, 2.45) is 0 Å². The predicted molar refractivity (Wildman–Crippen MR) is 130 cm³/mol. The standard InChI is InChI=1S/C27H31NO6/c1-16(2)21-13-15-26(3,34-21)14-12-17-6-11-20-22(23(17)29)27(31,24(33-5)25(30)28-20)18-7-9-19(32-4)10-8-18/h6-12,14,21,24,29,31H,1,13,15H2,2-5H3,(H,28,30)/b14-12+/t21-,24+,26-,27-/m1/s1. The van der Waals surface area contributed by atoms with Gasteiger partial charge in [0.1, 0.15) is 11.5 Å². The van der Waals surface area contributed by atoms with E-state index in [0.29, 0.717) is 22.6 Å². The number of methoxy groups -OCH3 is 2. The fraction of sp³-hybridized carbons (Fsp3) is 0.370. The summed E-state index contributed by atoms with van der Waals surface area (Å²) < 4.78 is 16.8. The van der Waals surface area contributed by atoms with Crippen LogP contribution in [0.3, 0.4) is 0 Å². The molecular weight excluding hydrogens is 434 g/mol. The minimum atomic E-state index is -1.93. The fourth-order valence-corrected chi connectivity index (χ4v) is 4.77. The monoisotopic (exact) mass is 465 g/mol. The molecule has 0 spiro atoms. The van der Waals surface area contributed by atoms with Gasteiger partial charge in [-0.05, 0) is 56.5 Å². The number of hydrogen-bond acceptors (Lipinski definition) is 6. The van der Waals surface area contributed by atoms with Crippen LogP contribution >= 0.6 is 0 Å². The number of phenols is 1. The van der Waals surface area contributed by atoms with Crippen molar-refractivity contribution in [3.05, 3.63) is 71.3 Å². The second kappa shape index (κ2) is 8.91. The molecule has 2 aliphatic heterocycles. The number of rotatable bonds is 6. The van der Waals surface area contributed by atoms with Crippen LogP contribution in [0.15, 0.2) is 54.6 Å². The lowest BCUT2D eigenvalue weighted by molar-refractivity contribution is -0.142. The smallest absolute Gasteiger partial charge is 0.257 e. The van der Waals surface area contributed by atoms with E-state index in [2.05, 4.69) is 11.9 Å². The lowest BCUT2D eigenvalue weighted by Gasteiger charge is -2.40. The highest BCUT2D eigenvalue weighted by Gasteiger charge is 2.51. The number of benzene rings is 2. The van der Waals surface area contributed by atoms with Crippen molar-refractivity contribution in [3.63, 3.8) is 0 Å². The molecule has 1 amide bonds. The number of nitrogens with one attached hydrogen (secondary N) is 1. The molecule has 0 aromatic heterocycles. The number of anilines is 1. The van der Waals surface area contributed by atoms with Crippen molar-refractivity contribution in [2.75, 3.05) is 19.5 Å². The molecule has 0 saturated carbocycles. The van der Waals surface area contributed by atoms with E-state index in [9.17, 15) is 15.0 Å². The Hall–Kier alpha value is -3.13. The van der Waals surface area contributed by atoms with E-state index < -0.39 is 23.2 Å². The van der Waals surface area contributed by atoms with E-state index in [1.165, 1.54) is 7.11 Å². The molecule has 1 saturated heterocycles. The Morgan fingerprint density at radius 1 is 1.24 bits per heavy atom. The molecule has 2 aliphatic rings. The predicted octanol–water partition coefficient (Wildman–Crippen LogP) is 4.13. The van der Waals surface area contributed by atoms with Crippen LogP contribution < -0.4 is 10.1 Å². The number of carbonyl (C=O) groups excluding carboxylic acids is 1.